The number of carbonyl (C=O) groups is 1. The van der Waals surface area contributed by atoms with Gasteiger partial charge >= 0.3 is 0 Å². The molecule has 6 heteroatoms. The van der Waals surface area contributed by atoms with E-state index < -0.39 is 5.41 Å². The van der Waals surface area contributed by atoms with Gasteiger partial charge in [0.15, 0.2) is 11.5 Å². The summed E-state index contributed by atoms with van der Waals surface area (Å²) in [5.74, 6) is 1.49. The molecule has 3 N–H and O–H groups in total. The van der Waals surface area contributed by atoms with Gasteiger partial charge in [0, 0.05) is 28.7 Å². The molecule has 3 aromatic rings. The Hall–Kier alpha value is -2.99. The first kappa shape index (κ1) is 19.9. The molecule has 1 aliphatic heterocycles. The Labute approximate surface area is 182 Å². The van der Waals surface area contributed by atoms with Crippen LogP contribution in [-0.2, 0) is 22.2 Å². The van der Waals surface area contributed by atoms with E-state index in [1.165, 1.54) is 5.69 Å². The third-order valence-corrected chi connectivity index (χ3v) is 6.35. The van der Waals surface area contributed by atoms with E-state index in [-0.39, 0.29) is 18.1 Å². The van der Waals surface area contributed by atoms with Crippen LogP contribution in [0.5, 0.6) is 11.5 Å². The molecule has 2 aromatic carbocycles. The molecule has 0 spiro atoms. The summed E-state index contributed by atoms with van der Waals surface area (Å²) in [6.07, 6.45) is 1.67. The molecule has 1 fully saturated rings. The molecule has 6 nitrogen and oxygen atoms in total. The van der Waals surface area contributed by atoms with Gasteiger partial charge in [0.1, 0.15) is 0 Å². The zero-order chi connectivity index (χ0) is 21.8. The van der Waals surface area contributed by atoms with Gasteiger partial charge in [0.2, 0.25) is 12.7 Å². The van der Waals surface area contributed by atoms with Crippen LogP contribution in [0.1, 0.15) is 50.4 Å². The van der Waals surface area contributed by atoms with Crippen LogP contribution in [0, 0.1) is 0 Å². The minimum atomic E-state index is -0.492. The van der Waals surface area contributed by atoms with E-state index in [1.807, 2.05) is 25.2 Å². The van der Waals surface area contributed by atoms with Gasteiger partial charge in [-0.3, -0.25) is 4.79 Å². The minimum absolute atomic E-state index is 0.0246. The molecule has 0 unspecified atom stereocenters. The Bertz CT molecular complexity index is 1170. The van der Waals surface area contributed by atoms with Crippen molar-refractivity contribution in [3.8, 4) is 11.5 Å². The molecule has 1 saturated carbocycles. The van der Waals surface area contributed by atoms with Gasteiger partial charge in [0.05, 0.1) is 10.9 Å². The average Bonchev–Trinajstić information content (AvgIpc) is 3.18. The topological polar surface area (TPSA) is 75.4 Å². The Kier molecular flexibility index (Phi) is 4.52. The maximum Gasteiger partial charge on any atom is 0.235 e. The number of amides is 1. The van der Waals surface area contributed by atoms with Crippen LogP contribution < -0.4 is 20.1 Å². The molecule has 162 valence electrons. The normalized spacial score (nSPS) is 16.5. The van der Waals surface area contributed by atoms with Crippen molar-refractivity contribution < 1.29 is 14.3 Å². The van der Waals surface area contributed by atoms with Crippen molar-refractivity contribution in [2.45, 2.75) is 51.0 Å². The highest BCUT2D eigenvalue weighted by atomic mass is 16.7. The van der Waals surface area contributed by atoms with E-state index in [0.29, 0.717) is 0 Å². The summed E-state index contributed by atoms with van der Waals surface area (Å²) in [7, 11) is 1.93. The van der Waals surface area contributed by atoms with Gasteiger partial charge in [-0.2, -0.15) is 0 Å². The summed E-state index contributed by atoms with van der Waals surface area (Å²) in [6, 6.07) is 12.2. The fourth-order valence-corrected chi connectivity index (χ4v) is 4.34. The molecule has 1 aliphatic carbocycles. The predicted molar refractivity (Wildman–Crippen MR) is 122 cm³/mol. The molecular formula is C25H29N3O3. The number of hydrogen-bond acceptors (Lipinski definition) is 4. The lowest BCUT2D eigenvalue weighted by Gasteiger charge is -2.17. The number of H-pyrrole nitrogens is 1. The van der Waals surface area contributed by atoms with E-state index in [0.717, 1.165) is 58.6 Å². The second kappa shape index (κ2) is 7.02. The zero-order valence-electron chi connectivity index (χ0n) is 18.5. The standard InChI is InChI=1S/C25H29N3O3/c1-24(2,3)21-11-15-9-18(10-16(13-26-4)22(15)28-21)27-23(29)25(7-8-25)17-5-6-19-20(12-17)31-14-30-19/h5-6,9-12,26,28H,7-8,13-14H2,1-4H3,(H,27,29). The van der Waals surface area contributed by atoms with E-state index >= 15 is 0 Å². The van der Waals surface area contributed by atoms with Crippen molar-refractivity contribution in [1.82, 2.24) is 10.3 Å². The van der Waals surface area contributed by atoms with Gasteiger partial charge in [-0.1, -0.05) is 26.8 Å². The van der Waals surface area contributed by atoms with Gasteiger partial charge in [-0.15, -0.1) is 0 Å². The zero-order valence-corrected chi connectivity index (χ0v) is 18.5. The number of aromatic amines is 1. The van der Waals surface area contributed by atoms with E-state index in [4.69, 9.17) is 9.47 Å². The van der Waals surface area contributed by atoms with Crippen LogP contribution in [0.3, 0.4) is 0 Å². The summed E-state index contributed by atoms with van der Waals surface area (Å²) < 4.78 is 10.9. The smallest absolute Gasteiger partial charge is 0.235 e. The van der Waals surface area contributed by atoms with Crippen molar-refractivity contribution in [3.05, 3.63) is 53.2 Å². The van der Waals surface area contributed by atoms with Crippen LogP contribution in [0.25, 0.3) is 10.9 Å². The first-order valence-electron chi connectivity index (χ1n) is 10.8. The molecule has 31 heavy (non-hydrogen) atoms. The van der Waals surface area contributed by atoms with Gasteiger partial charge in [0.25, 0.3) is 0 Å². The fourth-order valence-electron chi connectivity index (χ4n) is 4.34. The number of aromatic nitrogens is 1. The van der Waals surface area contributed by atoms with Gasteiger partial charge in [-0.25, -0.2) is 0 Å². The lowest BCUT2D eigenvalue weighted by molar-refractivity contribution is -0.118. The number of ether oxygens (including phenoxy) is 2. The lowest BCUT2D eigenvalue weighted by atomic mass is 9.92. The second-order valence-corrected chi connectivity index (χ2v) is 9.67. The van der Waals surface area contributed by atoms with Crippen molar-refractivity contribution in [3.63, 3.8) is 0 Å². The predicted octanol–water partition coefficient (Wildman–Crippen LogP) is 4.58. The number of rotatable bonds is 5. The maximum atomic E-state index is 13.4. The summed E-state index contributed by atoms with van der Waals surface area (Å²) in [5, 5.41) is 7.55. The van der Waals surface area contributed by atoms with Crippen molar-refractivity contribution in [1.29, 1.82) is 0 Å². The highest BCUT2D eigenvalue weighted by Gasteiger charge is 2.51. The maximum absolute atomic E-state index is 13.4. The van der Waals surface area contributed by atoms with Crippen molar-refractivity contribution in [2.24, 2.45) is 0 Å². The summed E-state index contributed by atoms with van der Waals surface area (Å²) in [6.45, 7) is 7.54. The number of benzene rings is 2. The second-order valence-electron chi connectivity index (χ2n) is 9.67. The van der Waals surface area contributed by atoms with Crippen molar-refractivity contribution >= 4 is 22.5 Å². The quantitative estimate of drug-likeness (QED) is 0.566. The molecule has 0 saturated heterocycles. The Morgan fingerprint density at radius 3 is 2.58 bits per heavy atom. The molecule has 0 radical (unpaired) electrons. The number of carbonyl (C=O) groups excluding carboxylic acids is 1. The molecule has 0 bridgehead atoms. The number of anilines is 1. The third-order valence-electron chi connectivity index (χ3n) is 6.35. The third kappa shape index (κ3) is 3.45. The number of hydrogen-bond donors (Lipinski definition) is 3. The van der Waals surface area contributed by atoms with Gasteiger partial charge < -0.3 is 25.1 Å². The SMILES string of the molecule is CNCc1cc(NC(=O)C2(c3ccc4c(c3)OCO4)CC2)cc2cc(C(C)(C)C)[nH]c12. The molecule has 2 heterocycles. The summed E-state index contributed by atoms with van der Waals surface area (Å²) >= 11 is 0. The lowest BCUT2D eigenvalue weighted by Crippen LogP contribution is -2.27. The summed E-state index contributed by atoms with van der Waals surface area (Å²) in [5.41, 5.74) is 4.79. The monoisotopic (exact) mass is 419 g/mol. The first-order chi connectivity index (χ1) is 14.8. The number of fused-ring (bicyclic) bond motifs is 2. The van der Waals surface area contributed by atoms with E-state index in [2.05, 4.69) is 54.6 Å². The minimum Gasteiger partial charge on any atom is -0.454 e. The first-order valence-corrected chi connectivity index (χ1v) is 10.8. The summed E-state index contributed by atoms with van der Waals surface area (Å²) in [4.78, 5) is 16.9. The Balaban J connectivity index is 1.46. The van der Waals surface area contributed by atoms with Gasteiger partial charge in [-0.05, 0) is 61.3 Å². The molecule has 2 aliphatic rings. The highest BCUT2D eigenvalue weighted by Crippen LogP contribution is 2.51. The highest BCUT2D eigenvalue weighted by molar-refractivity contribution is 6.03. The van der Waals surface area contributed by atoms with E-state index in [1.54, 1.807) is 0 Å². The van der Waals surface area contributed by atoms with Crippen molar-refractivity contribution in [2.75, 3.05) is 19.2 Å². The van der Waals surface area contributed by atoms with Crippen LogP contribution in [0.4, 0.5) is 5.69 Å². The van der Waals surface area contributed by atoms with Crippen LogP contribution in [-0.4, -0.2) is 24.7 Å². The molecule has 5 rings (SSSR count). The molecular weight excluding hydrogens is 390 g/mol. The van der Waals surface area contributed by atoms with E-state index in [9.17, 15) is 4.79 Å². The Morgan fingerprint density at radius 1 is 1.10 bits per heavy atom. The fraction of sp³-hybridized carbons (Fsp3) is 0.400. The van der Waals surface area contributed by atoms with Crippen LogP contribution in [0.2, 0.25) is 0 Å². The number of nitrogens with one attached hydrogen (secondary N) is 3. The molecule has 1 amide bonds. The Morgan fingerprint density at radius 2 is 1.87 bits per heavy atom. The largest absolute Gasteiger partial charge is 0.454 e. The van der Waals surface area contributed by atoms with Crippen LogP contribution in [0.15, 0.2) is 36.4 Å². The average molecular weight is 420 g/mol. The molecule has 1 aromatic heterocycles. The van der Waals surface area contributed by atoms with Crippen LogP contribution >= 0.6 is 0 Å². The molecule has 0 atom stereocenters.